The second kappa shape index (κ2) is 7.57. The third kappa shape index (κ3) is 3.60. The van der Waals surface area contributed by atoms with Crippen LogP contribution in [0.2, 0.25) is 0 Å². The van der Waals surface area contributed by atoms with Gasteiger partial charge in [0.05, 0.1) is 11.4 Å². The Kier molecular flexibility index (Phi) is 5.28. The Morgan fingerprint density at radius 1 is 1.07 bits per heavy atom. The number of hydrogen-bond acceptors (Lipinski definition) is 4. The minimum Gasteiger partial charge on any atom is -0.331 e. The van der Waals surface area contributed by atoms with Crippen LogP contribution in [0, 0.1) is 19.7 Å². The van der Waals surface area contributed by atoms with Gasteiger partial charge >= 0.3 is 0 Å². The maximum absolute atomic E-state index is 14.1. The van der Waals surface area contributed by atoms with Crippen LogP contribution in [-0.2, 0) is 29.5 Å². The molecule has 0 radical (unpaired) electrons. The zero-order valence-electron chi connectivity index (χ0n) is 16.5. The average Bonchev–Trinajstić information content (AvgIpc) is 2.99. The Morgan fingerprint density at radius 3 is 2.57 bits per heavy atom. The standard InChI is InChI=1S/C20H27FN4O2S/c1-15-6-7-17(21)19(13-15)28(26,27)24-11-9-23(10-12-24)14-18-16(2)22-20-5-3-4-8-25(18)20/h6-7,13H,3-5,8-12,14H2,1-2H3. The highest BCUT2D eigenvalue weighted by Gasteiger charge is 2.31. The van der Waals surface area contributed by atoms with Crippen molar-refractivity contribution in [3.8, 4) is 0 Å². The number of aromatic nitrogens is 2. The highest BCUT2D eigenvalue weighted by molar-refractivity contribution is 7.89. The molecule has 6 nitrogen and oxygen atoms in total. The molecule has 1 saturated heterocycles. The predicted molar refractivity (Wildman–Crippen MR) is 105 cm³/mol. The maximum atomic E-state index is 14.1. The zero-order chi connectivity index (χ0) is 19.9. The first kappa shape index (κ1) is 19.5. The van der Waals surface area contributed by atoms with Gasteiger partial charge in [0.1, 0.15) is 16.5 Å². The van der Waals surface area contributed by atoms with Gasteiger partial charge in [0, 0.05) is 45.7 Å². The third-order valence-corrected chi connectivity index (χ3v) is 7.71. The SMILES string of the molecule is Cc1ccc(F)c(S(=O)(=O)N2CCN(Cc3c(C)nc4n3CCCC4)CC2)c1. The molecule has 2 aliphatic rings. The summed E-state index contributed by atoms with van der Waals surface area (Å²) >= 11 is 0. The second-order valence-electron chi connectivity index (χ2n) is 7.78. The smallest absolute Gasteiger partial charge is 0.246 e. The lowest BCUT2D eigenvalue weighted by Gasteiger charge is -2.34. The van der Waals surface area contributed by atoms with Gasteiger partial charge in [-0.1, -0.05) is 6.07 Å². The normalized spacial score (nSPS) is 19.0. The maximum Gasteiger partial charge on any atom is 0.246 e. The lowest BCUT2D eigenvalue weighted by Crippen LogP contribution is -2.48. The number of halogens is 1. The van der Waals surface area contributed by atoms with Crippen LogP contribution in [0.3, 0.4) is 0 Å². The van der Waals surface area contributed by atoms with Crippen LogP contribution in [0.5, 0.6) is 0 Å². The van der Waals surface area contributed by atoms with Crippen LogP contribution in [-0.4, -0.2) is 53.4 Å². The minimum atomic E-state index is -3.81. The molecule has 1 aromatic heterocycles. The van der Waals surface area contributed by atoms with E-state index in [1.807, 2.05) is 0 Å². The van der Waals surface area contributed by atoms with Gasteiger partial charge < -0.3 is 4.57 Å². The van der Waals surface area contributed by atoms with Gasteiger partial charge in [-0.3, -0.25) is 4.90 Å². The molecule has 0 N–H and O–H groups in total. The van der Waals surface area contributed by atoms with Crippen molar-refractivity contribution in [2.24, 2.45) is 0 Å². The molecule has 0 atom stereocenters. The largest absolute Gasteiger partial charge is 0.331 e. The Hall–Kier alpha value is -1.77. The molecule has 1 aromatic carbocycles. The van der Waals surface area contributed by atoms with Crippen molar-refractivity contribution in [2.75, 3.05) is 26.2 Å². The fourth-order valence-electron chi connectivity index (χ4n) is 4.16. The fraction of sp³-hybridized carbons (Fsp3) is 0.550. The molecule has 1 fully saturated rings. The summed E-state index contributed by atoms with van der Waals surface area (Å²) in [6.07, 6.45) is 3.42. The summed E-state index contributed by atoms with van der Waals surface area (Å²) in [4.78, 5) is 6.76. The van der Waals surface area contributed by atoms with E-state index >= 15 is 0 Å². The highest BCUT2D eigenvalue weighted by Crippen LogP contribution is 2.24. The van der Waals surface area contributed by atoms with E-state index in [4.69, 9.17) is 4.98 Å². The van der Waals surface area contributed by atoms with E-state index in [2.05, 4.69) is 16.4 Å². The number of hydrogen-bond donors (Lipinski definition) is 0. The first-order valence-corrected chi connectivity index (χ1v) is 11.3. The highest BCUT2D eigenvalue weighted by atomic mass is 32.2. The lowest BCUT2D eigenvalue weighted by atomic mass is 10.1. The van der Waals surface area contributed by atoms with Gasteiger partial charge in [-0.15, -0.1) is 0 Å². The van der Waals surface area contributed by atoms with Gasteiger partial charge in [-0.25, -0.2) is 17.8 Å². The molecule has 0 spiro atoms. The summed E-state index contributed by atoms with van der Waals surface area (Å²) in [7, 11) is -3.81. The quantitative estimate of drug-likeness (QED) is 0.783. The number of fused-ring (bicyclic) bond motifs is 1. The molecule has 8 heteroatoms. The Labute approximate surface area is 166 Å². The summed E-state index contributed by atoms with van der Waals surface area (Å²) in [6.45, 7) is 7.63. The molecule has 28 heavy (non-hydrogen) atoms. The number of piperazine rings is 1. The summed E-state index contributed by atoms with van der Waals surface area (Å²) in [5, 5.41) is 0. The number of aryl methyl sites for hydroxylation is 3. The van der Waals surface area contributed by atoms with E-state index in [-0.39, 0.29) is 4.90 Å². The third-order valence-electron chi connectivity index (χ3n) is 5.79. The molecular weight excluding hydrogens is 379 g/mol. The van der Waals surface area contributed by atoms with Crippen LogP contribution in [0.1, 0.15) is 35.6 Å². The second-order valence-corrected chi connectivity index (χ2v) is 9.69. The topological polar surface area (TPSA) is 58.4 Å². The molecule has 0 aliphatic carbocycles. The van der Waals surface area contributed by atoms with E-state index in [1.54, 1.807) is 13.0 Å². The molecule has 2 aliphatic heterocycles. The number of nitrogens with zero attached hydrogens (tertiary/aromatic N) is 4. The summed E-state index contributed by atoms with van der Waals surface area (Å²) in [6, 6.07) is 4.23. The first-order chi connectivity index (χ1) is 13.4. The molecule has 0 saturated carbocycles. The van der Waals surface area contributed by atoms with E-state index in [0.717, 1.165) is 30.8 Å². The first-order valence-electron chi connectivity index (χ1n) is 9.90. The monoisotopic (exact) mass is 406 g/mol. The van der Waals surface area contributed by atoms with Crippen molar-refractivity contribution in [1.29, 1.82) is 0 Å². The van der Waals surface area contributed by atoms with Gasteiger partial charge in [0.15, 0.2) is 0 Å². The lowest BCUT2D eigenvalue weighted by molar-refractivity contribution is 0.177. The number of rotatable bonds is 4. The van der Waals surface area contributed by atoms with Crippen LogP contribution < -0.4 is 0 Å². The van der Waals surface area contributed by atoms with Crippen LogP contribution in [0.25, 0.3) is 0 Å². The van der Waals surface area contributed by atoms with E-state index < -0.39 is 15.8 Å². The summed E-state index contributed by atoms with van der Waals surface area (Å²) < 4.78 is 43.6. The molecule has 4 rings (SSSR count). The van der Waals surface area contributed by atoms with Crippen molar-refractivity contribution in [1.82, 2.24) is 18.8 Å². The predicted octanol–water partition coefficient (Wildman–Crippen LogP) is 2.48. The van der Waals surface area contributed by atoms with Crippen molar-refractivity contribution in [3.05, 3.63) is 46.8 Å². The van der Waals surface area contributed by atoms with Crippen molar-refractivity contribution < 1.29 is 12.8 Å². The van der Waals surface area contributed by atoms with Gasteiger partial charge in [-0.2, -0.15) is 4.31 Å². The molecule has 152 valence electrons. The van der Waals surface area contributed by atoms with Gasteiger partial charge in [0.25, 0.3) is 0 Å². The van der Waals surface area contributed by atoms with E-state index in [9.17, 15) is 12.8 Å². The van der Waals surface area contributed by atoms with E-state index in [1.165, 1.54) is 40.8 Å². The number of benzene rings is 1. The number of sulfonamides is 1. The Bertz CT molecular complexity index is 978. The molecule has 3 heterocycles. The van der Waals surface area contributed by atoms with Crippen LogP contribution >= 0.6 is 0 Å². The number of imidazole rings is 1. The fourth-order valence-corrected chi connectivity index (χ4v) is 5.74. The summed E-state index contributed by atoms with van der Waals surface area (Å²) in [5.41, 5.74) is 3.06. The van der Waals surface area contributed by atoms with Crippen molar-refractivity contribution in [3.63, 3.8) is 0 Å². The van der Waals surface area contributed by atoms with Crippen molar-refractivity contribution in [2.45, 2.75) is 51.1 Å². The zero-order valence-corrected chi connectivity index (χ0v) is 17.3. The molecule has 0 bridgehead atoms. The Balaban J connectivity index is 1.45. The van der Waals surface area contributed by atoms with Gasteiger partial charge in [-0.05, 0) is 44.4 Å². The molecular formula is C20H27FN4O2S. The molecule has 2 aromatic rings. The average molecular weight is 407 g/mol. The molecule has 0 unspecified atom stereocenters. The minimum absolute atomic E-state index is 0.221. The van der Waals surface area contributed by atoms with E-state index in [0.29, 0.717) is 26.2 Å². The summed E-state index contributed by atoms with van der Waals surface area (Å²) in [5.74, 6) is 0.490. The van der Waals surface area contributed by atoms with Crippen LogP contribution in [0.15, 0.2) is 23.1 Å². The van der Waals surface area contributed by atoms with Crippen LogP contribution in [0.4, 0.5) is 4.39 Å². The molecule has 0 amide bonds. The van der Waals surface area contributed by atoms with Gasteiger partial charge in [0.2, 0.25) is 10.0 Å². The van der Waals surface area contributed by atoms with Crippen molar-refractivity contribution >= 4 is 10.0 Å². The Morgan fingerprint density at radius 2 is 1.82 bits per heavy atom.